The van der Waals surface area contributed by atoms with E-state index < -0.39 is 0 Å². The van der Waals surface area contributed by atoms with Crippen LogP contribution in [0.4, 0.5) is 0 Å². The van der Waals surface area contributed by atoms with Crippen LogP contribution < -0.4 is 0 Å². The molecule has 1 aliphatic carbocycles. The summed E-state index contributed by atoms with van der Waals surface area (Å²) in [7, 11) is 4.01. The molecule has 1 aliphatic rings. The Hall–Kier alpha value is -0.370. The number of rotatable bonds is 2. The molecule has 1 rings (SSSR count). The van der Waals surface area contributed by atoms with Crippen molar-refractivity contribution in [3.05, 3.63) is 0 Å². The van der Waals surface area contributed by atoms with Crippen molar-refractivity contribution in [2.24, 2.45) is 5.92 Å². The Labute approximate surface area is 55.8 Å². The summed E-state index contributed by atoms with van der Waals surface area (Å²) < 4.78 is 0. The predicted octanol–water partition coefficient (Wildman–Crippen LogP) is 0.527. The van der Waals surface area contributed by atoms with E-state index in [2.05, 4.69) is 4.90 Å². The summed E-state index contributed by atoms with van der Waals surface area (Å²) >= 11 is 0. The molecule has 0 bridgehead atoms. The second-order valence-corrected chi connectivity index (χ2v) is 2.96. The van der Waals surface area contributed by atoms with Gasteiger partial charge >= 0.3 is 0 Å². The van der Waals surface area contributed by atoms with E-state index in [1.54, 1.807) is 0 Å². The third kappa shape index (κ3) is 1.52. The number of carbonyl (C=O) groups excluding carboxylic acids is 1. The van der Waals surface area contributed by atoms with Gasteiger partial charge in [0, 0.05) is 18.9 Å². The molecule has 9 heavy (non-hydrogen) atoms. The highest BCUT2D eigenvalue weighted by Crippen LogP contribution is 2.22. The maximum absolute atomic E-state index is 10.7. The molecule has 0 amide bonds. The average Bonchev–Trinajstić information content (AvgIpc) is 1.79. The van der Waals surface area contributed by atoms with Gasteiger partial charge in [0.05, 0.1) is 0 Å². The van der Waals surface area contributed by atoms with E-state index in [1.165, 1.54) is 0 Å². The second kappa shape index (κ2) is 2.48. The average molecular weight is 127 g/mol. The van der Waals surface area contributed by atoms with Crippen LogP contribution in [0.5, 0.6) is 0 Å². The summed E-state index contributed by atoms with van der Waals surface area (Å²) in [4.78, 5) is 12.8. The van der Waals surface area contributed by atoms with Crippen molar-refractivity contribution >= 4 is 5.78 Å². The van der Waals surface area contributed by atoms with Crippen molar-refractivity contribution < 1.29 is 4.79 Å². The zero-order valence-electron chi connectivity index (χ0n) is 6.05. The molecule has 0 N–H and O–H groups in total. The van der Waals surface area contributed by atoms with Gasteiger partial charge in [-0.1, -0.05) is 0 Å². The molecule has 0 aromatic heterocycles. The Morgan fingerprint density at radius 3 is 2.44 bits per heavy atom. The molecular weight excluding hydrogens is 114 g/mol. The van der Waals surface area contributed by atoms with Crippen LogP contribution in [0.15, 0.2) is 0 Å². The Balaban J connectivity index is 2.21. The Kier molecular flexibility index (Phi) is 1.86. The second-order valence-electron chi connectivity index (χ2n) is 2.96. The summed E-state index contributed by atoms with van der Waals surface area (Å²) in [5.41, 5.74) is 0. The molecule has 0 heterocycles. The third-order valence-corrected chi connectivity index (χ3v) is 1.78. The van der Waals surface area contributed by atoms with Gasteiger partial charge in [-0.2, -0.15) is 0 Å². The molecular formula is C7H13NO. The quantitative estimate of drug-likeness (QED) is 0.539. The smallest absolute Gasteiger partial charge is 0.137 e. The maximum atomic E-state index is 10.7. The number of nitrogens with zero attached hydrogens (tertiary/aromatic N) is 1. The molecule has 0 aromatic rings. The van der Waals surface area contributed by atoms with Crippen molar-refractivity contribution in [3.63, 3.8) is 0 Å². The standard InChI is InChI=1S/C7H13NO/c1-8(2)5-6-3-4-7(6)9/h6H,3-5H2,1-2H3. The molecule has 1 saturated carbocycles. The lowest BCUT2D eigenvalue weighted by Crippen LogP contribution is -2.34. The Morgan fingerprint density at radius 1 is 1.67 bits per heavy atom. The third-order valence-electron chi connectivity index (χ3n) is 1.78. The van der Waals surface area contributed by atoms with Gasteiger partial charge in [0.15, 0.2) is 0 Å². The molecule has 0 spiro atoms. The van der Waals surface area contributed by atoms with Crippen LogP contribution in [0.3, 0.4) is 0 Å². The summed E-state index contributed by atoms with van der Waals surface area (Å²) in [6, 6.07) is 0. The fourth-order valence-electron chi connectivity index (χ4n) is 1.10. The Bertz CT molecular complexity index is 120. The molecule has 1 atom stereocenters. The van der Waals surface area contributed by atoms with Gasteiger partial charge < -0.3 is 4.90 Å². The first-order chi connectivity index (χ1) is 4.20. The first-order valence-electron chi connectivity index (χ1n) is 3.37. The van der Waals surface area contributed by atoms with Crippen molar-refractivity contribution in [2.45, 2.75) is 12.8 Å². The van der Waals surface area contributed by atoms with Crippen LogP contribution in [0, 0.1) is 5.92 Å². The van der Waals surface area contributed by atoms with Gasteiger partial charge in [-0.05, 0) is 20.5 Å². The van der Waals surface area contributed by atoms with Gasteiger partial charge in [-0.25, -0.2) is 0 Å². The van der Waals surface area contributed by atoms with E-state index in [9.17, 15) is 4.79 Å². The van der Waals surface area contributed by atoms with Gasteiger partial charge in [-0.15, -0.1) is 0 Å². The predicted molar refractivity (Wildman–Crippen MR) is 36.3 cm³/mol. The number of hydrogen-bond donors (Lipinski definition) is 0. The number of ketones is 1. The van der Waals surface area contributed by atoms with Crippen molar-refractivity contribution in [1.29, 1.82) is 0 Å². The molecule has 0 radical (unpaired) electrons. The topological polar surface area (TPSA) is 20.3 Å². The number of Topliss-reactive ketones (excluding diaryl/α,β-unsaturated/α-hetero) is 1. The summed E-state index contributed by atoms with van der Waals surface area (Å²) in [5, 5.41) is 0. The van der Waals surface area contributed by atoms with Gasteiger partial charge in [-0.3, -0.25) is 4.79 Å². The summed E-state index contributed by atoms with van der Waals surface area (Å²) in [6.07, 6.45) is 1.93. The number of hydrogen-bond acceptors (Lipinski definition) is 2. The minimum absolute atomic E-state index is 0.361. The van der Waals surface area contributed by atoms with Gasteiger partial charge in [0.2, 0.25) is 0 Å². The highest BCUT2D eigenvalue weighted by molar-refractivity contribution is 5.86. The maximum Gasteiger partial charge on any atom is 0.137 e. The minimum Gasteiger partial charge on any atom is -0.309 e. The highest BCUT2D eigenvalue weighted by atomic mass is 16.1. The van der Waals surface area contributed by atoms with Gasteiger partial charge in [0.25, 0.3) is 0 Å². The highest BCUT2D eigenvalue weighted by Gasteiger charge is 2.27. The first-order valence-corrected chi connectivity index (χ1v) is 3.37. The van der Waals surface area contributed by atoms with Crippen LogP contribution >= 0.6 is 0 Å². The van der Waals surface area contributed by atoms with Crippen molar-refractivity contribution in [1.82, 2.24) is 4.90 Å². The first kappa shape index (κ1) is 6.75. The Morgan fingerprint density at radius 2 is 2.33 bits per heavy atom. The summed E-state index contributed by atoms with van der Waals surface area (Å²) in [6.45, 7) is 0.943. The molecule has 52 valence electrons. The van der Waals surface area contributed by atoms with Gasteiger partial charge in [0.1, 0.15) is 5.78 Å². The fourth-order valence-corrected chi connectivity index (χ4v) is 1.10. The molecule has 0 aliphatic heterocycles. The fraction of sp³-hybridized carbons (Fsp3) is 0.857. The summed E-state index contributed by atoms with van der Waals surface area (Å²) in [5.74, 6) is 0.809. The molecule has 2 heteroatoms. The van der Waals surface area contributed by atoms with Crippen LogP contribution in [0.1, 0.15) is 12.8 Å². The lowest BCUT2D eigenvalue weighted by molar-refractivity contribution is -0.129. The van der Waals surface area contributed by atoms with Crippen molar-refractivity contribution in [3.8, 4) is 0 Å². The lowest BCUT2D eigenvalue weighted by Gasteiger charge is -2.26. The number of carbonyl (C=O) groups is 1. The SMILES string of the molecule is CN(C)CC1CCC1=O. The van der Waals surface area contributed by atoms with Crippen molar-refractivity contribution in [2.75, 3.05) is 20.6 Å². The van der Waals surface area contributed by atoms with Crippen LogP contribution in [-0.4, -0.2) is 31.3 Å². The van der Waals surface area contributed by atoms with Crippen LogP contribution in [0.25, 0.3) is 0 Å². The van der Waals surface area contributed by atoms with E-state index in [1.807, 2.05) is 14.1 Å². The van der Waals surface area contributed by atoms with Crippen LogP contribution in [-0.2, 0) is 4.79 Å². The zero-order chi connectivity index (χ0) is 6.85. The molecule has 0 saturated heterocycles. The molecule has 2 nitrogen and oxygen atoms in total. The van der Waals surface area contributed by atoms with E-state index in [-0.39, 0.29) is 0 Å². The van der Waals surface area contributed by atoms with Crippen LogP contribution in [0.2, 0.25) is 0 Å². The normalized spacial score (nSPS) is 26.6. The lowest BCUT2D eigenvalue weighted by atomic mass is 9.83. The van der Waals surface area contributed by atoms with E-state index in [0.29, 0.717) is 11.7 Å². The largest absolute Gasteiger partial charge is 0.309 e. The molecule has 1 unspecified atom stereocenters. The van der Waals surface area contributed by atoms with E-state index >= 15 is 0 Å². The zero-order valence-corrected chi connectivity index (χ0v) is 6.05. The van der Waals surface area contributed by atoms with E-state index in [4.69, 9.17) is 0 Å². The molecule has 0 aromatic carbocycles. The monoisotopic (exact) mass is 127 g/mol. The van der Waals surface area contributed by atoms with E-state index in [0.717, 1.165) is 19.4 Å². The molecule has 1 fully saturated rings. The minimum atomic E-state index is 0.361.